The number of nitrogens with one attached hydrogen (secondary N) is 1. The number of fused-ring (bicyclic) bond motifs is 1. The van der Waals surface area contributed by atoms with Crippen LogP contribution in [-0.2, 0) is 0 Å². The van der Waals surface area contributed by atoms with Crippen LogP contribution >= 0.6 is 0 Å². The molecule has 112 valence electrons. The van der Waals surface area contributed by atoms with Gasteiger partial charge in [-0.05, 0) is 30.9 Å². The van der Waals surface area contributed by atoms with Crippen molar-refractivity contribution in [2.75, 3.05) is 11.9 Å². The van der Waals surface area contributed by atoms with Crippen LogP contribution in [0.4, 0.5) is 5.82 Å². The normalized spacial score (nSPS) is 15.5. The van der Waals surface area contributed by atoms with Crippen LogP contribution in [0, 0.1) is 5.92 Å². The second-order valence-electron chi connectivity index (χ2n) is 5.74. The van der Waals surface area contributed by atoms with E-state index in [2.05, 4.69) is 25.4 Å². The Bertz CT molecular complexity index is 761. The third-order valence-electron chi connectivity index (χ3n) is 4.27. The minimum Gasteiger partial charge on any atom is -0.369 e. The molecule has 6 nitrogen and oxygen atoms in total. The summed E-state index contributed by atoms with van der Waals surface area (Å²) in [6.45, 7) is 0.973. The summed E-state index contributed by atoms with van der Waals surface area (Å²) >= 11 is 0. The first kappa shape index (κ1) is 13.2. The lowest BCUT2D eigenvalue weighted by atomic mass is 10.1. The van der Waals surface area contributed by atoms with E-state index in [0.717, 1.165) is 35.1 Å². The fraction of sp³-hybridized carbons (Fsp3) is 0.375. The molecular formula is C16H18N6. The maximum atomic E-state index is 4.42. The van der Waals surface area contributed by atoms with Crippen molar-refractivity contribution in [3.05, 3.63) is 36.9 Å². The van der Waals surface area contributed by atoms with Crippen molar-refractivity contribution in [3.8, 4) is 5.82 Å². The smallest absolute Gasteiger partial charge is 0.170 e. The van der Waals surface area contributed by atoms with Crippen LogP contribution in [0.1, 0.15) is 25.7 Å². The van der Waals surface area contributed by atoms with Crippen molar-refractivity contribution in [2.24, 2.45) is 5.92 Å². The van der Waals surface area contributed by atoms with Crippen LogP contribution < -0.4 is 5.32 Å². The molecule has 6 heteroatoms. The molecular weight excluding hydrogens is 276 g/mol. The molecule has 0 spiro atoms. The molecule has 0 bridgehead atoms. The molecule has 22 heavy (non-hydrogen) atoms. The van der Waals surface area contributed by atoms with E-state index in [4.69, 9.17) is 0 Å². The molecule has 3 aromatic rings. The van der Waals surface area contributed by atoms with Crippen LogP contribution in [0.2, 0.25) is 0 Å². The summed E-state index contributed by atoms with van der Waals surface area (Å²) in [4.78, 5) is 13.1. The Morgan fingerprint density at radius 1 is 1.14 bits per heavy atom. The minimum absolute atomic E-state index is 0.760. The summed E-state index contributed by atoms with van der Waals surface area (Å²) in [6.07, 6.45) is 10.5. The van der Waals surface area contributed by atoms with E-state index >= 15 is 0 Å². The van der Waals surface area contributed by atoms with Gasteiger partial charge in [0.2, 0.25) is 0 Å². The van der Waals surface area contributed by atoms with Gasteiger partial charge in [0.1, 0.15) is 12.1 Å². The largest absolute Gasteiger partial charge is 0.369 e. The molecule has 1 aliphatic carbocycles. The van der Waals surface area contributed by atoms with E-state index in [1.54, 1.807) is 23.4 Å². The van der Waals surface area contributed by atoms with Gasteiger partial charge in [-0.15, -0.1) is 0 Å². The molecule has 1 N–H and O–H groups in total. The first-order valence-corrected chi connectivity index (χ1v) is 7.76. The molecule has 0 atom stereocenters. The van der Waals surface area contributed by atoms with Gasteiger partial charge < -0.3 is 5.32 Å². The van der Waals surface area contributed by atoms with Crippen LogP contribution in [0.3, 0.4) is 0 Å². The van der Waals surface area contributed by atoms with Gasteiger partial charge in [-0.2, -0.15) is 9.78 Å². The highest BCUT2D eigenvalue weighted by Crippen LogP contribution is 2.26. The highest BCUT2D eigenvalue weighted by Gasteiger charge is 2.16. The fourth-order valence-corrected chi connectivity index (χ4v) is 3.09. The van der Waals surface area contributed by atoms with Gasteiger partial charge in [0.25, 0.3) is 0 Å². The van der Waals surface area contributed by atoms with Crippen LogP contribution in [0.5, 0.6) is 0 Å². The summed E-state index contributed by atoms with van der Waals surface area (Å²) in [6, 6.07) is 5.75. The number of hydrogen-bond acceptors (Lipinski definition) is 5. The SMILES string of the molecule is c1ccc(-n2ncc3c(NCC4CCCC4)ncnc32)nc1. The predicted molar refractivity (Wildman–Crippen MR) is 84.9 cm³/mol. The number of rotatable bonds is 4. The molecule has 0 unspecified atom stereocenters. The third kappa shape index (κ3) is 2.41. The lowest BCUT2D eigenvalue weighted by molar-refractivity contribution is 0.579. The number of anilines is 1. The quantitative estimate of drug-likeness (QED) is 0.801. The zero-order valence-electron chi connectivity index (χ0n) is 12.3. The predicted octanol–water partition coefficient (Wildman–Crippen LogP) is 2.81. The van der Waals surface area contributed by atoms with Crippen molar-refractivity contribution in [1.82, 2.24) is 24.7 Å². The zero-order chi connectivity index (χ0) is 14.8. The average Bonchev–Trinajstić information content (AvgIpc) is 3.23. The lowest BCUT2D eigenvalue weighted by Crippen LogP contribution is -2.12. The van der Waals surface area contributed by atoms with Crippen molar-refractivity contribution in [1.29, 1.82) is 0 Å². The number of aromatic nitrogens is 5. The van der Waals surface area contributed by atoms with Crippen molar-refractivity contribution >= 4 is 16.9 Å². The molecule has 3 heterocycles. The van der Waals surface area contributed by atoms with Gasteiger partial charge in [0.15, 0.2) is 11.5 Å². The lowest BCUT2D eigenvalue weighted by Gasteiger charge is -2.11. The number of pyridine rings is 1. The molecule has 1 fully saturated rings. The maximum absolute atomic E-state index is 4.42. The Hall–Kier alpha value is -2.50. The van der Waals surface area contributed by atoms with E-state index in [-0.39, 0.29) is 0 Å². The van der Waals surface area contributed by atoms with Gasteiger partial charge in [-0.1, -0.05) is 18.9 Å². The highest BCUT2D eigenvalue weighted by molar-refractivity contribution is 5.86. The Kier molecular flexibility index (Phi) is 3.42. The first-order chi connectivity index (χ1) is 10.9. The van der Waals surface area contributed by atoms with Gasteiger partial charge in [0.05, 0.1) is 11.6 Å². The average molecular weight is 294 g/mol. The molecule has 1 saturated carbocycles. The topological polar surface area (TPSA) is 68.5 Å². The second kappa shape index (κ2) is 5.71. The van der Waals surface area contributed by atoms with Crippen LogP contribution in [-0.4, -0.2) is 31.3 Å². The Morgan fingerprint density at radius 2 is 2.05 bits per heavy atom. The molecule has 0 amide bonds. The summed E-state index contributed by atoms with van der Waals surface area (Å²) < 4.78 is 1.75. The van der Waals surface area contributed by atoms with E-state index < -0.39 is 0 Å². The molecule has 0 radical (unpaired) electrons. The standard InChI is InChI=1S/C16H18N6/c1-2-6-12(5-1)9-18-15-13-10-21-22(16(13)20-11-19-15)14-7-3-4-8-17-14/h3-4,7-8,10-12H,1-2,5-6,9H2,(H,18,19,20). The Labute approximate surface area is 128 Å². The van der Waals surface area contributed by atoms with Crippen LogP contribution in [0.15, 0.2) is 36.9 Å². The summed E-state index contributed by atoms with van der Waals surface area (Å²) in [5.74, 6) is 2.38. The third-order valence-corrected chi connectivity index (χ3v) is 4.27. The van der Waals surface area contributed by atoms with Gasteiger partial charge >= 0.3 is 0 Å². The van der Waals surface area contributed by atoms with Gasteiger partial charge in [-0.3, -0.25) is 0 Å². The highest BCUT2D eigenvalue weighted by atomic mass is 15.3. The number of nitrogens with zero attached hydrogens (tertiary/aromatic N) is 5. The monoisotopic (exact) mass is 294 g/mol. The summed E-state index contributed by atoms with van der Waals surface area (Å²) in [5.41, 5.74) is 0.780. The molecule has 4 rings (SSSR count). The molecule has 3 aromatic heterocycles. The summed E-state index contributed by atoms with van der Waals surface area (Å²) in [7, 11) is 0. The van der Waals surface area contributed by atoms with E-state index in [1.165, 1.54) is 25.7 Å². The van der Waals surface area contributed by atoms with Gasteiger partial charge in [0, 0.05) is 12.7 Å². The molecule has 0 aromatic carbocycles. The van der Waals surface area contributed by atoms with Crippen molar-refractivity contribution < 1.29 is 0 Å². The Morgan fingerprint density at radius 3 is 2.86 bits per heavy atom. The zero-order valence-corrected chi connectivity index (χ0v) is 12.3. The first-order valence-electron chi connectivity index (χ1n) is 7.76. The molecule has 0 aliphatic heterocycles. The van der Waals surface area contributed by atoms with Crippen molar-refractivity contribution in [3.63, 3.8) is 0 Å². The summed E-state index contributed by atoms with van der Waals surface area (Å²) in [5, 5.41) is 8.82. The second-order valence-corrected chi connectivity index (χ2v) is 5.74. The molecule has 0 saturated heterocycles. The van der Waals surface area contributed by atoms with Crippen molar-refractivity contribution in [2.45, 2.75) is 25.7 Å². The minimum atomic E-state index is 0.760. The fourth-order valence-electron chi connectivity index (χ4n) is 3.09. The van der Waals surface area contributed by atoms with E-state index in [1.807, 2.05) is 18.2 Å². The van der Waals surface area contributed by atoms with E-state index in [9.17, 15) is 0 Å². The van der Waals surface area contributed by atoms with Crippen LogP contribution in [0.25, 0.3) is 16.9 Å². The number of hydrogen-bond donors (Lipinski definition) is 1. The maximum Gasteiger partial charge on any atom is 0.170 e. The molecule has 1 aliphatic rings. The Balaban J connectivity index is 1.65. The van der Waals surface area contributed by atoms with E-state index in [0.29, 0.717) is 0 Å². The van der Waals surface area contributed by atoms with Gasteiger partial charge in [-0.25, -0.2) is 15.0 Å².